The highest BCUT2D eigenvalue weighted by Crippen LogP contribution is 2.37. The summed E-state index contributed by atoms with van der Waals surface area (Å²) in [6.07, 6.45) is -2.80. The smallest absolute Gasteiger partial charge is 0.297 e. The predicted molar refractivity (Wildman–Crippen MR) is 79.4 cm³/mol. The monoisotopic (exact) mass is 348 g/mol. The molecule has 0 aliphatic carbocycles. The third-order valence-corrected chi connectivity index (χ3v) is 6.70. The van der Waals surface area contributed by atoms with E-state index in [2.05, 4.69) is 4.90 Å². The number of hydrogen-bond acceptors (Lipinski definition) is 3. The van der Waals surface area contributed by atoms with Crippen LogP contribution >= 0.6 is 0 Å². The Balaban J connectivity index is 1.99. The lowest BCUT2D eigenvalue weighted by Gasteiger charge is -2.41. The summed E-state index contributed by atoms with van der Waals surface area (Å²) in [5.41, 5.74) is -1.10. The van der Waals surface area contributed by atoms with Gasteiger partial charge in [0.15, 0.2) is 0 Å². The van der Waals surface area contributed by atoms with Crippen molar-refractivity contribution in [2.45, 2.75) is 42.9 Å². The van der Waals surface area contributed by atoms with E-state index < -0.39 is 26.7 Å². The largest absolute Gasteiger partial charge is 0.417 e. The van der Waals surface area contributed by atoms with E-state index in [-0.39, 0.29) is 18.6 Å². The molecular formula is C15H19F3N2O2S. The molecule has 1 aromatic carbocycles. The third kappa shape index (κ3) is 2.99. The molecule has 1 aromatic rings. The highest BCUT2D eigenvalue weighted by molar-refractivity contribution is 7.89. The number of hydrogen-bond donors (Lipinski definition) is 0. The Bertz CT molecular complexity index is 690. The molecule has 0 amide bonds. The molecule has 2 saturated heterocycles. The number of fused-ring (bicyclic) bond motifs is 1. The highest BCUT2D eigenvalue weighted by atomic mass is 32.2. The van der Waals surface area contributed by atoms with Crippen molar-refractivity contribution in [1.82, 2.24) is 9.21 Å². The number of benzene rings is 1. The highest BCUT2D eigenvalue weighted by Gasteiger charge is 2.43. The maximum absolute atomic E-state index is 13.2. The first-order valence-electron chi connectivity index (χ1n) is 7.63. The minimum absolute atomic E-state index is 0.110. The number of halogens is 3. The van der Waals surface area contributed by atoms with Gasteiger partial charge in [-0.15, -0.1) is 0 Å². The second-order valence-electron chi connectivity index (χ2n) is 6.21. The van der Waals surface area contributed by atoms with Crippen LogP contribution in [0, 0.1) is 0 Å². The van der Waals surface area contributed by atoms with E-state index in [1.54, 1.807) is 6.92 Å². The Morgan fingerprint density at radius 3 is 2.57 bits per heavy atom. The van der Waals surface area contributed by atoms with Crippen molar-refractivity contribution < 1.29 is 21.6 Å². The molecule has 8 heteroatoms. The van der Waals surface area contributed by atoms with E-state index in [4.69, 9.17) is 0 Å². The minimum atomic E-state index is -4.69. The van der Waals surface area contributed by atoms with Crippen molar-refractivity contribution in [3.05, 3.63) is 29.8 Å². The van der Waals surface area contributed by atoms with E-state index in [9.17, 15) is 21.6 Å². The van der Waals surface area contributed by atoms with Crippen LogP contribution in [0.3, 0.4) is 0 Å². The molecule has 0 radical (unpaired) electrons. The molecule has 2 fully saturated rings. The lowest BCUT2D eigenvalue weighted by atomic mass is 10.1. The average Bonchev–Trinajstić information content (AvgIpc) is 2.92. The summed E-state index contributed by atoms with van der Waals surface area (Å²) >= 11 is 0. The maximum atomic E-state index is 13.2. The SMILES string of the molecule is C[C@@H]1CN2CCC[C@H]2CN1S(=O)(=O)c1ccccc1C(F)(F)F. The van der Waals surface area contributed by atoms with Gasteiger partial charge in [0.05, 0.1) is 10.5 Å². The van der Waals surface area contributed by atoms with Gasteiger partial charge in [-0.2, -0.15) is 17.5 Å². The molecular weight excluding hydrogens is 329 g/mol. The standard InChI is InChI=1S/C15H19F3N2O2S/c1-11-9-19-8-4-5-12(19)10-20(11)23(21,22)14-7-3-2-6-13(14)15(16,17)18/h2-3,6-7,11-12H,4-5,8-10H2,1H3/t11-,12+/m1/s1. The summed E-state index contributed by atoms with van der Waals surface area (Å²) in [6.45, 7) is 3.51. The number of alkyl halides is 3. The topological polar surface area (TPSA) is 40.6 Å². The van der Waals surface area contributed by atoms with Crippen molar-refractivity contribution in [3.8, 4) is 0 Å². The Hall–Kier alpha value is -1.12. The van der Waals surface area contributed by atoms with Gasteiger partial charge >= 0.3 is 6.18 Å². The normalized spacial score (nSPS) is 27.1. The van der Waals surface area contributed by atoms with Gasteiger partial charge in [0.2, 0.25) is 10.0 Å². The van der Waals surface area contributed by atoms with Crippen LogP contribution in [0.4, 0.5) is 13.2 Å². The number of sulfonamides is 1. The van der Waals surface area contributed by atoms with Crippen molar-refractivity contribution in [2.24, 2.45) is 0 Å². The summed E-state index contributed by atoms with van der Waals surface area (Å²) in [5, 5.41) is 0. The second kappa shape index (κ2) is 5.75. The van der Waals surface area contributed by atoms with Gasteiger partial charge in [-0.3, -0.25) is 4.90 Å². The Kier molecular flexibility index (Phi) is 4.18. The maximum Gasteiger partial charge on any atom is 0.417 e. The van der Waals surface area contributed by atoms with Crippen LogP contribution < -0.4 is 0 Å². The molecule has 2 atom stereocenters. The first-order chi connectivity index (χ1) is 10.7. The third-order valence-electron chi connectivity index (χ3n) is 4.66. The summed E-state index contributed by atoms with van der Waals surface area (Å²) in [7, 11) is -4.18. The Morgan fingerprint density at radius 1 is 1.17 bits per heavy atom. The van der Waals surface area contributed by atoms with Crippen LogP contribution in [0.2, 0.25) is 0 Å². The van der Waals surface area contributed by atoms with Gasteiger partial charge in [-0.05, 0) is 38.4 Å². The van der Waals surface area contributed by atoms with Crippen molar-refractivity contribution >= 4 is 10.0 Å². The molecule has 23 heavy (non-hydrogen) atoms. The second-order valence-corrected chi connectivity index (χ2v) is 8.07. The fraction of sp³-hybridized carbons (Fsp3) is 0.600. The zero-order valence-corrected chi connectivity index (χ0v) is 13.6. The molecule has 0 saturated carbocycles. The lowest BCUT2D eigenvalue weighted by Crippen LogP contribution is -2.56. The van der Waals surface area contributed by atoms with E-state index in [1.165, 1.54) is 16.4 Å². The number of piperazine rings is 1. The molecule has 3 rings (SSSR count). The molecule has 2 aliphatic heterocycles. The van der Waals surface area contributed by atoms with Crippen LogP contribution in [0.25, 0.3) is 0 Å². The van der Waals surface area contributed by atoms with Crippen molar-refractivity contribution in [2.75, 3.05) is 19.6 Å². The van der Waals surface area contributed by atoms with Gasteiger partial charge in [0, 0.05) is 25.2 Å². The predicted octanol–water partition coefficient (Wildman–Crippen LogP) is 2.56. The van der Waals surface area contributed by atoms with E-state index >= 15 is 0 Å². The Morgan fingerprint density at radius 2 is 1.87 bits per heavy atom. The molecule has 0 spiro atoms. The van der Waals surface area contributed by atoms with Crippen LogP contribution in [0.1, 0.15) is 25.3 Å². The average molecular weight is 348 g/mol. The summed E-state index contributed by atoms with van der Waals surface area (Å²) in [5.74, 6) is 0. The van der Waals surface area contributed by atoms with Crippen LogP contribution in [0.15, 0.2) is 29.2 Å². The fourth-order valence-corrected chi connectivity index (χ4v) is 5.42. The van der Waals surface area contributed by atoms with E-state index in [1.807, 2.05) is 0 Å². The minimum Gasteiger partial charge on any atom is -0.297 e. The van der Waals surface area contributed by atoms with E-state index in [0.717, 1.165) is 31.5 Å². The molecule has 0 N–H and O–H groups in total. The van der Waals surface area contributed by atoms with Crippen molar-refractivity contribution in [1.29, 1.82) is 0 Å². The molecule has 0 unspecified atom stereocenters. The number of rotatable bonds is 2. The van der Waals surface area contributed by atoms with E-state index in [0.29, 0.717) is 6.54 Å². The van der Waals surface area contributed by atoms with Gasteiger partial charge in [0.25, 0.3) is 0 Å². The molecule has 0 aromatic heterocycles. The summed E-state index contributed by atoms with van der Waals surface area (Å²) < 4.78 is 66.5. The zero-order valence-electron chi connectivity index (χ0n) is 12.8. The van der Waals surface area contributed by atoms with Crippen molar-refractivity contribution in [3.63, 3.8) is 0 Å². The molecule has 128 valence electrons. The van der Waals surface area contributed by atoms with Crippen LogP contribution in [0.5, 0.6) is 0 Å². The van der Waals surface area contributed by atoms with Crippen LogP contribution in [-0.4, -0.2) is 49.3 Å². The summed E-state index contributed by atoms with van der Waals surface area (Å²) in [6, 6.07) is 4.18. The van der Waals surface area contributed by atoms with Gasteiger partial charge < -0.3 is 0 Å². The fourth-order valence-electron chi connectivity index (χ4n) is 3.55. The zero-order chi connectivity index (χ0) is 16.8. The molecule has 2 aliphatic rings. The lowest BCUT2D eigenvalue weighted by molar-refractivity contribution is -0.139. The van der Waals surface area contributed by atoms with Gasteiger partial charge in [-0.1, -0.05) is 12.1 Å². The molecule has 2 heterocycles. The van der Waals surface area contributed by atoms with Gasteiger partial charge in [-0.25, -0.2) is 8.42 Å². The first kappa shape index (κ1) is 16.7. The molecule has 4 nitrogen and oxygen atoms in total. The Labute approximate surface area is 133 Å². The molecule has 0 bridgehead atoms. The summed E-state index contributed by atoms with van der Waals surface area (Å²) in [4.78, 5) is 1.58. The van der Waals surface area contributed by atoms with Gasteiger partial charge in [0.1, 0.15) is 0 Å². The number of nitrogens with zero attached hydrogens (tertiary/aromatic N) is 2. The van der Waals surface area contributed by atoms with Crippen LogP contribution in [-0.2, 0) is 16.2 Å². The quantitative estimate of drug-likeness (QED) is 0.825. The first-order valence-corrected chi connectivity index (χ1v) is 9.07.